The zero-order chi connectivity index (χ0) is 23.3. The van der Waals surface area contributed by atoms with Crippen LogP contribution in [0, 0.1) is 11.3 Å². The number of alkyl halides is 3. The van der Waals surface area contributed by atoms with Gasteiger partial charge in [-0.25, -0.2) is 4.79 Å². The molecule has 32 heavy (non-hydrogen) atoms. The Bertz CT molecular complexity index is 1010. The molecule has 0 spiro atoms. The minimum absolute atomic E-state index is 0.0279. The number of carboxylic acid groups (broad SMARTS) is 1. The summed E-state index contributed by atoms with van der Waals surface area (Å²) in [6.07, 6.45) is -1.11. The third-order valence-electron chi connectivity index (χ3n) is 6.82. The molecule has 1 aromatic heterocycles. The first-order valence-corrected chi connectivity index (χ1v) is 11.0. The lowest BCUT2D eigenvalue weighted by Crippen LogP contribution is -2.53. The molecular formula is C23H28F3N3O3. The minimum Gasteiger partial charge on any atom is -0.465 e. The average molecular weight is 451 g/mol. The summed E-state index contributed by atoms with van der Waals surface area (Å²) in [5.74, 6) is 0.680. The van der Waals surface area contributed by atoms with Gasteiger partial charge in [-0.1, -0.05) is 50.9 Å². The summed E-state index contributed by atoms with van der Waals surface area (Å²) in [6, 6.07) is 4.15. The molecule has 0 bridgehead atoms. The molecule has 1 atom stereocenters. The summed E-state index contributed by atoms with van der Waals surface area (Å²) in [5.41, 5.74) is -1.81. The highest BCUT2D eigenvalue weighted by Gasteiger charge is 2.57. The van der Waals surface area contributed by atoms with Crippen LogP contribution in [-0.4, -0.2) is 32.8 Å². The van der Waals surface area contributed by atoms with Crippen molar-refractivity contribution in [1.82, 2.24) is 15.0 Å². The normalized spacial score (nSPS) is 21.9. The molecule has 2 heterocycles. The van der Waals surface area contributed by atoms with Gasteiger partial charge in [-0.15, -0.1) is 0 Å². The number of amides is 1. The van der Waals surface area contributed by atoms with Gasteiger partial charge in [0.2, 0.25) is 5.82 Å². The molecule has 1 saturated heterocycles. The second-order valence-corrected chi connectivity index (χ2v) is 9.92. The summed E-state index contributed by atoms with van der Waals surface area (Å²) >= 11 is 0. The molecule has 1 amide bonds. The molecule has 1 aromatic carbocycles. The van der Waals surface area contributed by atoms with Crippen molar-refractivity contribution >= 4 is 6.09 Å². The maximum atomic E-state index is 13.8. The van der Waals surface area contributed by atoms with Gasteiger partial charge < -0.3 is 9.63 Å². The Kier molecular flexibility index (Phi) is 5.49. The van der Waals surface area contributed by atoms with Crippen molar-refractivity contribution in [1.29, 1.82) is 0 Å². The Balaban J connectivity index is 1.71. The van der Waals surface area contributed by atoms with Gasteiger partial charge in [0.15, 0.2) is 0 Å². The van der Waals surface area contributed by atoms with E-state index in [2.05, 4.69) is 10.1 Å². The standard InChI is InChI=1S/C23H28F3N3O3/c1-21(2,3)22(11-4-12-29(22)20(30)31)19-27-18(28-32-19)16-10-9-15(8-7-14-5-6-14)17(13-16)23(24,25)26/h9-10,13-14H,4-8,11-12H2,1-3H3,(H,30,31). The molecule has 1 aliphatic carbocycles. The van der Waals surface area contributed by atoms with Gasteiger partial charge in [0, 0.05) is 12.1 Å². The minimum atomic E-state index is -4.49. The second-order valence-electron chi connectivity index (χ2n) is 9.92. The summed E-state index contributed by atoms with van der Waals surface area (Å²) in [5, 5.41) is 13.7. The fourth-order valence-corrected chi connectivity index (χ4v) is 4.87. The average Bonchev–Trinajstić information content (AvgIpc) is 3.20. The molecule has 1 saturated carbocycles. The number of aryl methyl sites for hydroxylation is 1. The number of benzene rings is 1. The van der Waals surface area contributed by atoms with Crippen molar-refractivity contribution in [3.63, 3.8) is 0 Å². The van der Waals surface area contributed by atoms with Crippen LogP contribution in [0.4, 0.5) is 18.0 Å². The highest BCUT2D eigenvalue weighted by molar-refractivity contribution is 5.67. The van der Waals surface area contributed by atoms with E-state index in [4.69, 9.17) is 4.52 Å². The lowest BCUT2D eigenvalue weighted by atomic mass is 9.71. The number of nitrogens with zero attached hydrogens (tertiary/aromatic N) is 3. The molecule has 2 fully saturated rings. The quantitative estimate of drug-likeness (QED) is 0.593. The monoisotopic (exact) mass is 451 g/mol. The molecule has 2 aromatic rings. The van der Waals surface area contributed by atoms with E-state index in [-0.39, 0.29) is 22.8 Å². The van der Waals surface area contributed by atoms with Gasteiger partial charge in [0.25, 0.3) is 5.89 Å². The number of hydrogen-bond acceptors (Lipinski definition) is 4. The molecule has 6 nitrogen and oxygen atoms in total. The van der Waals surface area contributed by atoms with Gasteiger partial charge in [-0.05, 0) is 48.6 Å². The lowest BCUT2D eigenvalue weighted by Gasteiger charge is -2.43. The Labute approximate surface area is 184 Å². The molecule has 4 rings (SSSR count). The number of rotatable bonds is 5. The largest absolute Gasteiger partial charge is 0.465 e. The zero-order valence-corrected chi connectivity index (χ0v) is 18.5. The molecule has 1 N–H and O–H groups in total. The van der Waals surface area contributed by atoms with Crippen molar-refractivity contribution < 1.29 is 27.6 Å². The predicted molar refractivity (Wildman–Crippen MR) is 111 cm³/mol. The Morgan fingerprint density at radius 2 is 2.00 bits per heavy atom. The fraction of sp³-hybridized carbons (Fsp3) is 0.609. The first-order chi connectivity index (χ1) is 14.9. The number of hydrogen-bond donors (Lipinski definition) is 1. The van der Waals surface area contributed by atoms with E-state index >= 15 is 0 Å². The van der Waals surface area contributed by atoms with Crippen molar-refractivity contribution in [3.05, 3.63) is 35.2 Å². The number of halogens is 3. The number of carbonyl (C=O) groups is 1. The number of aromatic nitrogens is 2. The first-order valence-electron chi connectivity index (χ1n) is 11.0. The van der Waals surface area contributed by atoms with Gasteiger partial charge in [0.1, 0.15) is 5.54 Å². The summed E-state index contributed by atoms with van der Waals surface area (Å²) in [7, 11) is 0. The SMILES string of the molecule is CC(C)(C)C1(c2nc(-c3ccc(CCC4CC4)c(C(F)(F)F)c3)no2)CCCN1C(=O)O. The van der Waals surface area contributed by atoms with Gasteiger partial charge in [-0.3, -0.25) is 4.90 Å². The van der Waals surface area contributed by atoms with Crippen molar-refractivity contribution in [2.24, 2.45) is 11.3 Å². The van der Waals surface area contributed by atoms with Crippen LogP contribution < -0.4 is 0 Å². The highest BCUT2D eigenvalue weighted by atomic mass is 19.4. The van der Waals surface area contributed by atoms with Crippen LogP contribution >= 0.6 is 0 Å². The Hall–Kier alpha value is -2.58. The van der Waals surface area contributed by atoms with Gasteiger partial charge >= 0.3 is 12.3 Å². The van der Waals surface area contributed by atoms with Crippen molar-refractivity contribution in [2.75, 3.05) is 6.54 Å². The second kappa shape index (κ2) is 7.78. The van der Waals surface area contributed by atoms with Crippen molar-refractivity contribution in [3.8, 4) is 11.4 Å². The van der Waals surface area contributed by atoms with Crippen LogP contribution in [0.15, 0.2) is 22.7 Å². The van der Waals surface area contributed by atoms with E-state index in [1.165, 1.54) is 11.0 Å². The van der Waals surface area contributed by atoms with Crippen LogP contribution in [0.3, 0.4) is 0 Å². The molecule has 2 aliphatic rings. The summed E-state index contributed by atoms with van der Waals surface area (Å²) in [4.78, 5) is 17.7. The summed E-state index contributed by atoms with van der Waals surface area (Å²) in [6.45, 7) is 6.02. The van der Waals surface area contributed by atoms with Gasteiger partial charge in [-0.2, -0.15) is 18.2 Å². The maximum absolute atomic E-state index is 13.8. The maximum Gasteiger partial charge on any atom is 0.416 e. The smallest absolute Gasteiger partial charge is 0.416 e. The van der Waals surface area contributed by atoms with Crippen LogP contribution in [-0.2, 0) is 18.1 Å². The Morgan fingerprint density at radius 3 is 2.59 bits per heavy atom. The van der Waals surface area contributed by atoms with Crippen LogP contribution in [0.2, 0.25) is 0 Å². The van der Waals surface area contributed by atoms with Gasteiger partial charge in [0.05, 0.1) is 5.56 Å². The zero-order valence-electron chi connectivity index (χ0n) is 18.5. The topological polar surface area (TPSA) is 79.5 Å². The van der Waals surface area contributed by atoms with E-state index in [0.29, 0.717) is 31.7 Å². The third-order valence-corrected chi connectivity index (χ3v) is 6.82. The van der Waals surface area contributed by atoms with E-state index in [1.54, 1.807) is 6.07 Å². The molecule has 174 valence electrons. The molecule has 9 heteroatoms. The van der Waals surface area contributed by atoms with E-state index in [0.717, 1.165) is 25.3 Å². The lowest BCUT2D eigenvalue weighted by molar-refractivity contribution is -0.138. The highest BCUT2D eigenvalue weighted by Crippen LogP contribution is 2.51. The van der Waals surface area contributed by atoms with Crippen molar-refractivity contribution in [2.45, 2.75) is 71.0 Å². The molecule has 0 radical (unpaired) electrons. The first kappa shape index (κ1) is 22.6. The fourth-order valence-electron chi connectivity index (χ4n) is 4.87. The molecule has 1 unspecified atom stereocenters. The molecular weight excluding hydrogens is 423 g/mol. The van der Waals surface area contributed by atoms with E-state index < -0.39 is 28.8 Å². The predicted octanol–water partition coefficient (Wildman–Crippen LogP) is 6.11. The van der Waals surface area contributed by atoms with Crippen LogP contribution in [0.5, 0.6) is 0 Å². The third kappa shape index (κ3) is 3.97. The summed E-state index contributed by atoms with van der Waals surface area (Å²) < 4.78 is 46.8. The molecule has 1 aliphatic heterocycles. The van der Waals surface area contributed by atoms with Crippen LogP contribution in [0.25, 0.3) is 11.4 Å². The van der Waals surface area contributed by atoms with E-state index in [1.807, 2.05) is 20.8 Å². The van der Waals surface area contributed by atoms with Crippen LogP contribution in [0.1, 0.15) is 69.9 Å². The number of likely N-dealkylation sites (tertiary alicyclic amines) is 1. The Morgan fingerprint density at radius 1 is 1.28 bits per heavy atom. The van der Waals surface area contributed by atoms with E-state index in [9.17, 15) is 23.1 Å².